The molecule has 3 nitrogen and oxygen atoms in total. The third-order valence-electron chi connectivity index (χ3n) is 10.2. The number of fused-ring (bicyclic) bond motifs is 5. The van der Waals surface area contributed by atoms with Gasteiger partial charge in [-0.25, -0.2) is 0 Å². The van der Waals surface area contributed by atoms with Crippen molar-refractivity contribution in [3.8, 4) is 0 Å². The molecule has 0 heterocycles. The molecular weight excluding hydrogens is 336 g/mol. The van der Waals surface area contributed by atoms with E-state index in [1.807, 2.05) is 0 Å². The van der Waals surface area contributed by atoms with E-state index in [1.165, 1.54) is 51.4 Å². The molecule has 0 bridgehead atoms. The van der Waals surface area contributed by atoms with Gasteiger partial charge in [0.05, 0.1) is 6.10 Å². The summed E-state index contributed by atoms with van der Waals surface area (Å²) in [4.78, 5) is 11.0. The van der Waals surface area contributed by atoms with E-state index in [-0.39, 0.29) is 6.10 Å². The maximum absolute atomic E-state index is 11.1. The number of aliphatic hydroxyl groups excluding tert-OH is 1. The summed E-state index contributed by atoms with van der Waals surface area (Å²) in [6, 6.07) is 0. The van der Waals surface area contributed by atoms with Crippen LogP contribution in [0, 0.1) is 46.3 Å². The minimum Gasteiger partial charge on any atom is -0.481 e. The molecule has 3 heteroatoms. The van der Waals surface area contributed by atoms with Crippen LogP contribution >= 0.6 is 0 Å². The lowest BCUT2D eigenvalue weighted by Gasteiger charge is -2.62. The number of carboxylic acid groups (broad SMARTS) is 1. The highest BCUT2D eigenvalue weighted by Gasteiger charge is 2.61. The molecular formula is C24H40O3. The van der Waals surface area contributed by atoms with Gasteiger partial charge in [0.15, 0.2) is 0 Å². The van der Waals surface area contributed by atoms with E-state index >= 15 is 0 Å². The number of hydrogen-bond acceptors (Lipinski definition) is 2. The molecule has 0 aromatic heterocycles. The summed E-state index contributed by atoms with van der Waals surface area (Å²) in [7, 11) is 0. The van der Waals surface area contributed by atoms with Gasteiger partial charge in [0, 0.05) is 6.42 Å². The number of carbonyl (C=O) groups is 1. The smallest absolute Gasteiger partial charge is 0.303 e. The molecule has 0 amide bonds. The van der Waals surface area contributed by atoms with Crippen LogP contribution in [-0.2, 0) is 4.79 Å². The predicted octanol–water partition coefficient (Wildman–Crippen LogP) is 5.51. The second kappa shape index (κ2) is 7.04. The lowest BCUT2D eigenvalue weighted by atomic mass is 9.44. The second-order valence-electron chi connectivity index (χ2n) is 11.2. The standard InChI is InChI=1S/C24H40O3/c1-15(7-10-22(26)27)17-8-9-18-16-14-21(25)20-6-4-5-12-23(20,2)19(16)11-13-24(17,18)3/h15-21,25H,4-14H2,1-3H3,(H,26,27)/t15-,16?,17-,18?,19?,20-,21?,23-,24-/m1/s1. The van der Waals surface area contributed by atoms with Crippen molar-refractivity contribution >= 4 is 5.97 Å². The van der Waals surface area contributed by atoms with Crippen molar-refractivity contribution in [2.75, 3.05) is 0 Å². The fraction of sp³-hybridized carbons (Fsp3) is 0.958. The third kappa shape index (κ3) is 3.07. The molecule has 27 heavy (non-hydrogen) atoms. The summed E-state index contributed by atoms with van der Waals surface area (Å²) < 4.78 is 0. The zero-order valence-electron chi connectivity index (χ0n) is 17.6. The molecule has 0 saturated heterocycles. The van der Waals surface area contributed by atoms with Crippen LogP contribution in [0.2, 0.25) is 0 Å². The molecule has 4 aliphatic carbocycles. The van der Waals surface area contributed by atoms with Gasteiger partial charge in [-0.2, -0.15) is 0 Å². The van der Waals surface area contributed by atoms with E-state index < -0.39 is 5.97 Å². The molecule has 0 aromatic rings. The second-order valence-corrected chi connectivity index (χ2v) is 11.2. The van der Waals surface area contributed by atoms with Gasteiger partial charge in [0.2, 0.25) is 0 Å². The molecule has 0 radical (unpaired) electrons. The predicted molar refractivity (Wildman–Crippen MR) is 107 cm³/mol. The molecule has 4 unspecified atom stereocenters. The Morgan fingerprint density at radius 3 is 2.48 bits per heavy atom. The summed E-state index contributed by atoms with van der Waals surface area (Å²) in [5, 5.41) is 20.2. The summed E-state index contributed by atoms with van der Waals surface area (Å²) >= 11 is 0. The van der Waals surface area contributed by atoms with Crippen LogP contribution < -0.4 is 0 Å². The Labute approximate surface area is 165 Å². The quantitative estimate of drug-likeness (QED) is 0.680. The van der Waals surface area contributed by atoms with Gasteiger partial charge in [0.25, 0.3) is 0 Å². The Hall–Kier alpha value is -0.570. The number of aliphatic hydroxyl groups is 1. The molecule has 154 valence electrons. The summed E-state index contributed by atoms with van der Waals surface area (Å²) in [5.74, 6) is 3.27. The normalized spacial score (nSPS) is 50.4. The first-order chi connectivity index (χ1) is 12.8. The molecule has 4 fully saturated rings. The van der Waals surface area contributed by atoms with Crippen LogP contribution in [0.15, 0.2) is 0 Å². The van der Waals surface area contributed by atoms with E-state index in [0.717, 1.165) is 24.7 Å². The average molecular weight is 377 g/mol. The maximum atomic E-state index is 11.1. The van der Waals surface area contributed by atoms with E-state index in [9.17, 15) is 9.90 Å². The van der Waals surface area contributed by atoms with Crippen molar-refractivity contribution < 1.29 is 15.0 Å². The van der Waals surface area contributed by atoms with Gasteiger partial charge in [-0.1, -0.05) is 33.6 Å². The van der Waals surface area contributed by atoms with E-state index in [2.05, 4.69) is 20.8 Å². The highest BCUT2D eigenvalue weighted by atomic mass is 16.4. The van der Waals surface area contributed by atoms with Crippen LogP contribution in [0.5, 0.6) is 0 Å². The number of rotatable bonds is 4. The minimum atomic E-state index is -0.656. The first kappa shape index (κ1) is 19.7. The first-order valence-corrected chi connectivity index (χ1v) is 11.7. The van der Waals surface area contributed by atoms with E-state index in [4.69, 9.17) is 5.11 Å². The Balaban J connectivity index is 1.55. The van der Waals surface area contributed by atoms with Crippen molar-refractivity contribution in [3.05, 3.63) is 0 Å². The molecule has 9 atom stereocenters. The summed E-state index contributed by atoms with van der Waals surface area (Å²) in [5.41, 5.74) is 0.714. The zero-order chi connectivity index (χ0) is 19.4. The molecule has 4 saturated carbocycles. The van der Waals surface area contributed by atoms with Crippen LogP contribution in [0.3, 0.4) is 0 Å². The van der Waals surface area contributed by atoms with Crippen molar-refractivity contribution in [3.63, 3.8) is 0 Å². The van der Waals surface area contributed by atoms with Crippen molar-refractivity contribution in [2.45, 2.75) is 97.5 Å². The average Bonchev–Trinajstić information content (AvgIpc) is 2.97. The Kier molecular flexibility index (Phi) is 5.15. The van der Waals surface area contributed by atoms with Crippen molar-refractivity contribution in [1.82, 2.24) is 0 Å². The van der Waals surface area contributed by atoms with Gasteiger partial charge in [-0.3, -0.25) is 4.79 Å². The van der Waals surface area contributed by atoms with Gasteiger partial charge < -0.3 is 10.2 Å². The lowest BCUT2D eigenvalue weighted by molar-refractivity contribution is -0.159. The summed E-state index contributed by atoms with van der Waals surface area (Å²) in [6.07, 6.45) is 12.5. The van der Waals surface area contributed by atoms with Crippen LogP contribution in [0.4, 0.5) is 0 Å². The zero-order valence-corrected chi connectivity index (χ0v) is 17.6. The van der Waals surface area contributed by atoms with E-state index in [1.54, 1.807) is 0 Å². The SMILES string of the molecule is C[C@H](CCC(=O)O)[C@H]1CCC2C3CC(O)[C@H]4CCCC[C@]4(C)C3CC[C@@]21C. The molecule has 0 aromatic carbocycles. The fourth-order valence-electron chi connectivity index (χ4n) is 8.88. The molecule has 0 spiro atoms. The topological polar surface area (TPSA) is 57.5 Å². The largest absolute Gasteiger partial charge is 0.481 e. The first-order valence-electron chi connectivity index (χ1n) is 11.7. The Morgan fingerprint density at radius 2 is 1.74 bits per heavy atom. The number of carboxylic acids is 1. The molecule has 0 aliphatic heterocycles. The summed E-state index contributed by atoms with van der Waals surface area (Å²) in [6.45, 7) is 7.33. The van der Waals surface area contributed by atoms with Crippen molar-refractivity contribution in [1.29, 1.82) is 0 Å². The molecule has 4 aliphatic rings. The Morgan fingerprint density at radius 1 is 1.00 bits per heavy atom. The van der Waals surface area contributed by atoms with E-state index in [0.29, 0.717) is 40.9 Å². The van der Waals surface area contributed by atoms with Gasteiger partial charge in [0.1, 0.15) is 0 Å². The Bertz CT molecular complexity index is 574. The van der Waals surface area contributed by atoms with Gasteiger partial charge in [-0.05, 0) is 97.7 Å². The monoisotopic (exact) mass is 376 g/mol. The van der Waals surface area contributed by atoms with Crippen LogP contribution in [0.1, 0.15) is 91.4 Å². The minimum absolute atomic E-state index is 0.0950. The highest BCUT2D eigenvalue weighted by Crippen LogP contribution is 2.68. The highest BCUT2D eigenvalue weighted by molar-refractivity contribution is 5.66. The number of aliphatic carboxylic acids is 1. The molecule has 4 rings (SSSR count). The number of hydrogen-bond donors (Lipinski definition) is 2. The molecule has 2 N–H and O–H groups in total. The lowest BCUT2D eigenvalue weighted by Crippen LogP contribution is -2.57. The van der Waals surface area contributed by atoms with Crippen LogP contribution in [0.25, 0.3) is 0 Å². The fourth-order valence-corrected chi connectivity index (χ4v) is 8.88. The van der Waals surface area contributed by atoms with Gasteiger partial charge >= 0.3 is 5.97 Å². The van der Waals surface area contributed by atoms with Crippen molar-refractivity contribution in [2.24, 2.45) is 46.3 Å². The van der Waals surface area contributed by atoms with Crippen LogP contribution in [-0.4, -0.2) is 22.3 Å². The third-order valence-corrected chi connectivity index (χ3v) is 10.2. The van der Waals surface area contributed by atoms with Gasteiger partial charge in [-0.15, -0.1) is 0 Å². The maximum Gasteiger partial charge on any atom is 0.303 e.